The van der Waals surface area contributed by atoms with E-state index in [1.165, 1.54) is 0 Å². The van der Waals surface area contributed by atoms with Gasteiger partial charge in [-0.25, -0.2) is 0 Å². The molecule has 0 saturated heterocycles. The predicted molar refractivity (Wildman–Crippen MR) is 71.7 cm³/mol. The number of hydrogen-bond donors (Lipinski definition) is 1. The zero-order valence-electron chi connectivity index (χ0n) is 9.45. The molecule has 0 aliphatic heterocycles. The van der Waals surface area contributed by atoms with Crippen LogP contribution >= 0.6 is 23.2 Å². The van der Waals surface area contributed by atoms with Crippen LogP contribution in [0, 0.1) is 0 Å². The number of aryl methyl sites for hydroxylation is 1. The van der Waals surface area contributed by atoms with Crippen molar-refractivity contribution in [3.63, 3.8) is 0 Å². The summed E-state index contributed by atoms with van der Waals surface area (Å²) in [7, 11) is 0. The quantitative estimate of drug-likeness (QED) is 0.915. The van der Waals surface area contributed by atoms with E-state index in [1.54, 1.807) is 12.1 Å². The number of hydrogen-bond acceptors (Lipinski definition) is 2. The first kappa shape index (κ1) is 12.3. The fourth-order valence-corrected chi connectivity index (χ4v) is 1.88. The van der Waals surface area contributed by atoms with Crippen LogP contribution in [0.25, 0.3) is 0 Å². The third-order valence-corrected chi connectivity index (χ3v) is 3.04. The summed E-state index contributed by atoms with van der Waals surface area (Å²) in [6, 6.07) is 7.36. The Labute approximate surface area is 110 Å². The third kappa shape index (κ3) is 3.14. The van der Waals surface area contributed by atoms with Gasteiger partial charge in [0.2, 0.25) is 0 Å². The van der Waals surface area contributed by atoms with Gasteiger partial charge in [-0.3, -0.25) is 4.68 Å². The molecule has 0 aliphatic rings. The second kappa shape index (κ2) is 5.43. The molecule has 2 rings (SSSR count). The second-order valence-corrected chi connectivity index (χ2v) is 4.49. The summed E-state index contributed by atoms with van der Waals surface area (Å²) >= 11 is 12.0. The van der Waals surface area contributed by atoms with Gasteiger partial charge in [-0.1, -0.05) is 23.2 Å². The molecule has 1 aromatic heterocycles. The van der Waals surface area contributed by atoms with E-state index in [4.69, 9.17) is 23.2 Å². The molecule has 0 radical (unpaired) electrons. The van der Waals surface area contributed by atoms with Crippen LogP contribution in [0.4, 0.5) is 5.82 Å². The number of anilines is 1. The average molecular weight is 270 g/mol. The van der Waals surface area contributed by atoms with Crippen LogP contribution in [0.3, 0.4) is 0 Å². The lowest BCUT2D eigenvalue weighted by atomic mass is 10.2. The van der Waals surface area contributed by atoms with Crippen LogP contribution in [0.5, 0.6) is 0 Å². The Bertz CT molecular complexity index is 508. The zero-order chi connectivity index (χ0) is 12.3. The van der Waals surface area contributed by atoms with Crippen LogP contribution in [-0.2, 0) is 13.1 Å². The summed E-state index contributed by atoms with van der Waals surface area (Å²) in [4.78, 5) is 0. The van der Waals surface area contributed by atoms with Crippen molar-refractivity contribution in [1.82, 2.24) is 9.78 Å². The molecule has 0 atom stereocenters. The summed E-state index contributed by atoms with van der Waals surface area (Å²) in [6.45, 7) is 3.52. The Balaban J connectivity index is 2.04. The monoisotopic (exact) mass is 269 g/mol. The maximum absolute atomic E-state index is 6.07. The van der Waals surface area contributed by atoms with Crippen LogP contribution < -0.4 is 5.32 Å². The molecule has 0 spiro atoms. The molecule has 0 fully saturated rings. The Hall–Kier alpha value is -1.19. The molecule has 5 heteroatoms. The van der Waals surface area contributed by atoms with E-state index in [2.05, 4.69) is 10.4 Å². The van der Waals surface area contributed by atoms with Crippen molar-refractivity contribution >= 4 is 29.0 Å². The predicted octanol–water partition coefficient (Wildman–Crippen LogP) is 3.82. The minimum atomic E-state index is 0.611. The first-order chi connectivity index (χ1) is 8.19. The van der Waals surface area contributed by atoms with Crippen LogP contribution in [0.2, 0.25) is 10.0 Å². The topological polar surface area (TPSA) is 29.9 Å². The van der Waals surface area contributed by atoms with Crippen molar-refractivity contribution in [3.05, 3.63) is 46.1 Å². The van der Waals surface area contributed by atoms with Gasteiger partial charge in [0.1, 0.15) is 5.82 Å². The van der Waals surface area contributed by atoms with E-state index in [0.29, 0.717) is 16.6 Å². The van der Waals surface area contributed by atoms with Gasteiger partial charge in [-0.05, 0) is 30.7 Å². The molecule has 1 N–H and O–H groups in total. The fourth-order valence-electron chi connectivity index (χ4n) is 1.50. The van der Waals surface area contributed by atoms with Gasteiger partial charge in [0, 0.05) is 35.4 Å². The molecule has 90 valence electrons. The van der Waals surface area contributed by atoms with Crippen molar-refractivity contribution in [2.45, 2.75) is 20.0 Å². The molecular weight excluding hydrogens is 257 g/mol. The lowest BCUT2D eigenvalue weighted by Crippen LogP contribution is -2.02. The van der Waals surface area contributed by atoms with Crippen LogP contribution in [-0.4, -0.2) is 9.78 Å². The molecule has 0 saturated carbocycles. The summed E-state index contributed by atoms with van der Waals surface area (Å²) in [5.74, 6) is 0.836. The maximum Gasteiger partial charge on any atom is 0.148 e. The Morgan fingerprint density at radius 2 is 2.12 bits per heavy atom. The first-order valence-corrected chi connectivity index (χ1v) is 6.16. The minimum Gasteiger partial charge on any atom is -0.364 e. The zero-order valence-corrected chi connectivity index (χ0v) is 11.0. The molecule has 2 aromatic rings. The van der Waals surface area contributed by atoms with Crippen LogP contribution in [0.15, 0.2) is 30.5 Å². The standard InChI is InChI=1S/C12H13Cl2N3/c1-2-17-6-5-12(16-17)15-8-9-7-10(13)3-4-11(9)14/h3-7H,2,8H2,1H3,(H,15,16). The van der Waals surface area contributed by atoms with Gasteiger partial charge in [0.15, 0.2) is 0 Å². The molecule has 0 amide bonds. The highest BCUT2D eigenvalue weighted by Gasteiger charge is 2.02. The summed E-state index contributed by atoms with van der Waals surface area (Å²) in [5, 5.41) is 8.92. The largest absolute Gasteiger partial charge is 0.364 e. The molecule has 1 heterocycles. The van der Waals surface area contributed by atoms with Crippen LogP contribution in [0.1, 0.15) is 12.5 Å². The van der Waals surface area contributed by atoms with Gasteiger partial charge < -0.3 is 5.32 Å². The van der Waals surface area contributed by atoms with Crippen molar-refractivity contribution in [3.8, 4) is 0 Å². The molecule has 0 bridgehead atoms. The second-order valence-electron chi connectivity index (χ2n) is 3.65. The lowest BCUT2D eigenvalue weighted by molar-refractivity contribution is 0.661. The molecular formula is C12H13Cl2N3. The molecule has 1 aromatic carbocycles. The highest BCUT2D eigenvalue weighted by molar-refractivity contribution is 6.33. The smallest absolute Gasteiger partial charge is 0.148 e. The summed E-state index contributed by atoms with van der Waals surface area (Å²) in [5.41, 5.74) is 0.963. The molecule has 0 aliphatic carbocycles. The maximum atomic E-state index is 6.07. The van der Waals surface area contributed by atoms with E-state index < -0.39 is 0 Å². The highest BCUT2D eigenvalue weighted by Crippen LogP contribution is 2.21. The third-order valence-electron chi connectivity index (χ3n) is 2.43. The van der Waals surface area contributed by atoms with E-state index in [1.807, 2.05) is 29.9 Å². The van der Waals surface area contributed by atoms with Crippen molar-refractivity contribution in [2.75, 3.05) is 5.32 Å². The van der Waals surface area contributed by atoms with Crippen molar-refractivity contribution < 1.29 is 0 Å². The van der Waals surface area contributed by atoms with Gasteiger partial charge in [-0.15, -0.1) is 0 Å². The first-order valence-electron chi connectivity index (χ1n) is 5.40. The number of nitrogens with one attached hydrogen (secondary N) is 1. The van der Waals surface area contributed by atoms with Crippen molar-refractivity contribution in [1.29, 1.82) is 0 Å². The average Bonchev–Trinajstić information content (AvgIpc) is 2.78. The Morgan fingerprint density at radius 3 is 2.82 bits per heavy atom. The van der Waals surface area contributed by atoms with Gasteiger partial charge in [-0.2, -0.15) is 5.10 Å². The Morgan fingerprint density at radius 1 is 1.29 bits per heavy atom. The number of halogens is 2. The SMILES string of the molecule is CCn1ccc(NCc2cc(Cl)ccc2Cl)n1. The lowest BCUT2D eigenvalue weighted by Gasteiger charge is -2.06. The van der Waals surface area contributed by atoms with E-state index in [9.17, 15) is 0 Å². The fraction of sp³-hybridized carbons (Fsp3) is 0.250. The van der Waals surface area contributed by atoms with E-state index >= 15 is 0 Å². The van der Waals surface area contributed by atoms with E-state index in [0.717, 1.165) is 17.9 Å². The van der Waals surface area contributed by atoms with Gasteiger partial charge >= 0.3 is 0 Å². The number of aromatic nitrogens is 2. The number of nitrogens with zero attached hydrogens (tertiary/aromatic N) is 2. The minimum absolute atomic E-state index is 0.611. The van der Waals surface area contributed by atoms with E-state index in [-0.39, 0.29) is 0 Å². The molecule has 3 nitrogen and oxygen atoms in total. The van der Waals surface area contributed by atoms with Gasteiger partial charge in [0.05, 0.1) is 0 Å². The number of rotatable bonds is 4. The Kier molecular flexibility index (Phi) is 3.92. The summed E-state index contributed by atoms with van der Waals surface area (Å²) < 4.78 is 1.86. The summed E-state index contributed by atoms with van der Waals surface area (Å²) in [6.07, 6.45) is 1.93. The number of benzene rings is 1. The highest BCUT2D eigenvalue weighted by atomic mass is 35.5. The molecule has 0 unspecified atom stereocenters. The normalized spacial score (nSPS) is 10.5. The van der Waals surface area contributed by atoms with Gasteiger partial charge in [0.25, 0.3) is 0 Å². The van der Waals surface area contributed by atoms with Crippen molar-refractivity contribution in [2.24, 2.45) is 0 Å². The molecule has 17 heavy (non-hydrogen) atoms.